The summed E-state index contributed by atoms with van der Waals surface area (Å²) in [5.41, 5.74) is 2.20. The Morgan fingerprint density at radius 1 is 1.35 bits per heavy atom. The van der Waals surface area contributed by atoms with E-state index in [1.54, 1.807) is 0 Å². The Kier molecular flexibility index (Phi) is 4.22. The number of likely N-dealkylation sites (N-methyl/N-ethyl adjacent to an activating group) is 1. The normalized spacial score (nSPS) is 18.6. The second kappa shape index (κ2) is 6.10. The van der Waals surface area contributed by atoms with Crippen LogP contribution in [0.5, 0.6) is 5.75 Å². The minimum Gasteiger partial charge on any atom is -0.492 e. The molecule has 0 aromatic carbocycles. The highest BCUT2D eigenvalue weighted by Crippen LogP contribution is 2.25. The smallest absolute Gasteiger partial charge is 0.127 e. The van der Waals surface area contributed by atoms with Crippen molar-refractivity contribution in [1.82, 2.24) is 15.2 Å². The zero-order chi connectivity index (χ0) is 13.9. The third-order valence-electron chi connectivity index (χ3n) is 4.11. The molecule has 0 bridgehead atoms. The van der Waals surface area contributed by atoms with Crippen molar-refractivity contribution >= 4 is 0 Å². The lowest BCUT2D eigenvalue weighted by atomic mass is 10.2. The molecule has 2 fully saturated rings. The molecular formula is C16H25N3O. The summed E-state index contributed by atoms with van der Waals surface area (Å²) in [5.74, 6) is 0.995. The average molecular weight is 275 g/mol. The van der Waals surface area contributed by atoms with Crippen molar-refractivity contribution in [2.45, 2.75) is 51.2 Å². The molecule has 2 aliphatic rings. The molecule has 0 radical (unpaired) electrons. The lowest BCUT2D eigenvalue weighted by Gasteiger charge is -2.17. The van der Waals surface area contributed by atoms with Gasteiger partial charge in [-0.05, 0) is 39.7 Å². The van der Waals surface area contributed by atoms with Gasteiger partial charge in [0.15, 0.2) is 0 Å². The number of nitrogens with one attached hydrogen (secondary N) is 1. The molecule has 3 rings (SSSR count). The second-order valence-electron chi connectivity index (χ2n) is 6.15. The van der Waals surface area contributed by atoms with Gasteiger partial charge in [-0.1, -0.05) is 0 Å². The summed E-state index contributed by atoms with van der Waals surface area (Å²) < 4.78 is 6.00. The summed E-state index contributed by atoms with van der Waals surface area (Å²) in [6.45, 7) is 4.64. The lowest BCUT2D eigenvalue weighted by molar-refractivity contribution is 0.230. The molecule has 1 heterocycles. The van der Waals surface area contributed by atoms with Gasteiger partial charge in [-0.2, -0.15) is 0 Å². The van der Waals surface area contributed by atoms with Gasteiger partial charge in [0.25, 0.3) is 0 Å². The fraction of sp³-hybridized carbons (Fsp3) is 0.688. The average Bonchev–Trinajstić information content (AvgIpc) is 3.28. The molecule has 110 valence electrons. The number of rotatable bonds is 8. The van der Waals surface area contributed by atoms with Gasteiger partial charge in [-0.25, -0.2) is 0 Å². The maximum Gasteiger partial charge on any atom is 0.127 e. The van der Waals surface area contributed by atoms with Crippen molar-refractivity contribution < 1.29 is 4.74 Å². The Labute approximate surface area is 121 Å². The number of pyridine rings is 1. The van der Waals surface area contributed by atoms with Crippen LogP contribution in [0.1, 0.15) is 36.9 Å². The van der Waals surface area contributed by atoms with Crippen LogP contribution in [0.25, 0.3) is 0 Å². The van der Waals surface area contributed by atoms with Crippen LogP contribution in [0, 0.1) is 6.92 Å². The maximum absolute atomic E-state index is 6.00. The summed E-state index contributed by atoms with van der Waals surface area (Å²) >= 11 is 0. The summed E-state index contributed by atoms with van der Waals surface area (Å²) in [5, 5.41) is 3.53. The quantitative estimate of drug-likeness (QED) is 0.788. The van der Waals surface area contributed by atoms with Crippen LogP contribution in [0.2, 0.25) is 0 Å². The molecule has 0 unspecified atom stereocenters. The van der Waals surface area contributed by atoms with E-state index in [2.05, 4.69) is 28.3 Å². The first kappa shape index (κ1) is 13.8. The molecule has 0 aliphatic heterocycles. The molecule has 2 saturated carbocycles. The Hall–Kier alpha value is -1.13. The first-order valence-corrected chi connectivity index (χ1v) is 7.74. The third-order valence-corrected chi connectivity index (χ3v) is 4.11. The standard InChI is InChI=1S/C16H25N3O/c1-12-9-16(20-8-7-19(2)15-5-6-15)13(10-17-12)11-18-14-3-4-14/h9-10,14-15,18H,3-8,11H2,1-2H3. The van der Waals surface area contributed by atoms with E-state index in [1.807, 2.05) is 13.1 Å². The van der Waals surface area contributed by atoms with Gasteiger partial charge in [-0.15, -0.1) is 0 Å². The van der Waals surface area contributed by atoms with Crippen LogP contribution in [0.3, 0.4) is 0 Å². The first-order chi connectivity index (χ1) is 9.72. The third kappa shape index (κ3) is 3.93. The van der Waals surface area contributed by atoms with Gasteiger partial charge >= 0.3 is 0 Å². The minimum absolute atomic E-state index is 0.713. The number of hydrogen-bond acceptors (Lipinski definition) is 4. The Bertz CT molecular complexity index is 455. The monoisotopic (exact) mass is 275 g/mol. The molecule has 20 heavy (non-hydrogen) atoms. The second-order valence-corrected chi connectivity index (χ2v) is 6.15. The van der Waals surface area contributed by atoms with Gasteiger partial charge in [0.1, 0.15) is 12.4 Å². The molecule has 2 aliphatic carbocycles. The maximum atomic E-state index is 6.00. The van der Waals surface area contributed by atoms with Crippen molar-refractivity contribution in [3.05, 3.63) is 23.5 Å². The number of nitrogens with zero attached hydrogens (tertiary/aromatic N) is 2. The highest BCUT2D eigenvalue weighted by Gasteiger charge is 2.25. The van der Waals surface area contributed by atoms with Crippen LogP contribution >= 0.6 is 0 Å². The summed E-state index contributed by atoms with van der Waals surface area (Å²) in [4.78, 5) is 6.79. The highest BCUT2D eigenvalue weighted by atomic mass is 16.5. The molecule has 0 spiro atoms. The van der Waals surface area contributed by atoms with E-state index in [9.17, 15) is 0 Å². The molecule has 4 heteroatoms. The van der Waals surface area contributed by atoms with Gasteiger partial charge < -0.3 is 15.0 Å². The molecule has 1 aromatic heterocycles. The van der Waals surface area contributed by atoms with Gasteiger partial charge in [-0.3, -0.25) is 4.98 Å². The van der Waals surface area contributed by atoms with Crippen molar-refractivity contribution in [2.24, 2.45) is 0 Å². The summed E-state index contributed by atoms with van der Waals surface area (Å²) in [6, 6.07) is 3.57. The Morgan fingerprint density at radius 2 is 2.15 bits per heavy atom. The molecule has 0 atom stereocenters. The zero-order valence-electron chi connectivity index (χ0n) is 12.6. The largest absolute Gasteiger partial charge is 0.492 e. The van der Waals surface area contributed by atoms with E-state index in [0.717, 1.165) is 37.2 Å². The molecule has 0 saturated heterocycles. The highest BCUT2D eigenvalue weighted by molar-refractivity contribution is 5.33. The van der Waals surface area contributed by atoms with Crippen molar-refractivity contribution in [1.29, 1.82) is 0 Å². The van der Waals surface area contributed by atoms with Gasteiger partial charge in [0.2, 0.25) is 0 Å². The molecule has 1 N–H and O–H groups in total. The van der Waals surface area contributed by atoms with E-state index in [-0.39, 0.29) is 0 Å². The van der Waals surface area contributed by atoms with E-state index >= 15 is 0 Å². The van der Waals surface area contributed by atoms with Crippen molar-refractivity contribution in [3.63, 3.8) is 0 Å². The minimum atomic E-state index is 0.713. The fourth-order valence-corrected chi connectivity index (χ4v) is 2.37. The van der Waals surface area contributed by atoms with E-state index in [4.69, 9.17) is 4.74 Å². The Morgan fingerprint density at radius 3 is 2.85 bits per heavy atom. The van der Waals surface area contributed by atoms with Crippen LogP contribution in [-0.2, 0) is 6.54 Å². The number of aromatic nitrogens is 1. The first-order valence-electron chi connectivity index (χ1n) is 7.74. The van der Waals surface area contributed by atoms with E-state index in [0.29, 0.717) is 6.04 Å². The van der Waals surface area contributed by atoms with E-state index in [1.165, 1.54) is 31.2 Å². The Balaban J connectivity index is 1.53. The van der Waals surface area contributed by atoms with Crippen LogP contribution in [-0.4, -0.2) is 42.2 Å². The predicted octanol–water partition coefficient (Wildman–Crippen LogP) is 2.12. The van der Waals surface area contributed by atoms with Gasteiger partial charge in [0, 0.05) is 48.7 Å². The zero-order valence-corrected chi connectivity index (χ0v) is 12.6. The molecule has 1 aromatic rings. The topological polar surface area (TPSA) is 37.4 Å². The van der Waals surface area contributed by atoms with E-state index < -0.39 is 0 Å². The molecular weight excluding hydrogens is 250 g/mol. The number of aryl methyl sites for hydroxylation is 1. The fourth-order valence-electron chi connectivity index (χ4n) is 2.37. The van der Waals surface area contributed by atoms with Crippen LogP contribution < -0.4 is 10.1 Å². The van der Waals surface area contributed by atoms with Crippen molar-refractivity contribution in [3.8, 4) is 5.75 Å². The number of ether oxygens (including phenoxy) is 1. The molecule has 0 amide bonds. The van der Waals surface area contributed by atoms with Gasteiger partial charge in [0.05, 0.1) is 0 Å². The van der Waals surface area contributed by atoms with Crippen molar-refractivity contribution in [2.75, 3.05) is 20.2 Å². The van der Waals surface area contributed by atoms with Crippen LogP contribution in [0.15, 0.2) is 12.3 Å². The van der Waals surface area contributed by atoms with Crippen LogP contribution in [0.4, 0.5) is 0 Å². The summed E-state index contributed by atoms with van der Waals surface area (Å²) in [7, 11) is 2.19. The lowest BCUT2D eigenvalue weighted by Crippen LogP contribution is -2.26. The molecule has 4 nitrogen and oxygen atoms in total. The summed E-state index contributed by atoms with van der Waals surface area (Å²) in [6.07, 6.45) is 7.26. The predicted molar refractivity (Wildman–Crippen MR) is 80.0 cm³/mol. The number of hydrogen-bond donors (Lipinski definition) is 1. The SMILES string of the molecule is Cc1cc(OCCN(C)C2CC2)c(CNC2CC2)cn1.